The fourth-order valence-corrected chi connectivity index (χ4v) is 3.27. The average molecular weight is 377 g/mol. The zero-order valence-corrected chi connectivity index (χ0v) is 15.8. The molecule has 1 saturated heterocycles. The highest BCUT2D eigenvalue weighted by atomic mass is 16.5. The van der Waals surface area contributed by atoms with E-state index in [1.165, 1.54) is 5.69 Å². The first kappa shape index (κ1) is 18.2. The van der Waals surface area contributed by atoms with E-state index in [4.69, 9.17) is 4.74 Å². The summed E-state index contributed by atoms with van der Waals surface area (Å²) in [6, 6.07) is 15.9. The first-order valence-electron chi connectivity index (χ1n) is 9.37. The van der Waals surface area contributed by atoms with Crippen molar-refractivity contribution in [3.63, 3.8) is 0 Å². The number of aromatic nitrogens is 2. The summed E-state index contributed by atoms with van der Waals surface area (Å²) in [5.41, 5.74) is 7.35. The van der Waals surface area contributed by atoms with Gasteiger partial charge in [-0.15, -0.1) is 0 Å². The van der Waals surface area contributed by atoms with Gasteiger partial charge in [0.2, 0.25) is 0 Å². The van der Waals surface area contributed by atoms with Gasteiger partial charge in [0.1, 0.15) is 6.54 Å². The van der Waals surface area contributed by atoms with Gasteiger partial charge in [-0.2, -0.15) is 5.10 Å². The van der Waals surface area contributed by atoms with Crippen LogP contribution in [0.2, 0.25) is 0 Å². The Morgan fingerprint density at radius 2 is 1.89 bits per heavy atom. The minimum absolute atomic E-state index is 0.174. The van der Waals surface area contributed by atoms with E-state index in [-0.39, 0.29) is 12.5 Å². The third-order valence-corrected chi connectivity index (χ3v) is 4.85. The molecule has 0 unspecified atom stereocenters. The van der Waals surface area contributed by atoms with Crippen LogP contribution < -0.4 is 10.3 Å². The van der Waals surface area contributed by atoms with Gasteiger partial charge in [0.15, 0.2) is 0 Å². The van der Waals surface area contributed by atoms with Gasteiger partial charge in [0.05, 0.1) is 36.3 Å². The zero-order chi connectivity index (χ0) is 19.3. The summed E-state index contributed by atoms with van der Waals surface area (Å²) < 4.78 is 7.20. The van der Waals surface area contributed by atoms with Crippen LogP contribution >= 0.6 is 0 Å². The van der Waals surface area contributed by atoms with Crippen molar-refractivity contribution in [2.75, 3.05) is 31.2 Å². The van der Waals surface area contributed by atoms with Gasteiger partial charge in [-0.25, -0.2) is 10.4 Å². The second-order valence-electron chi connectivity index (χ2n) is 6.74. The van der Waals surface area contributed by atoms with Crippen molar-refractivity contribution in [2.24, 2.45) is 5.10 Å². The fourth-order valence-electron chi connectivity index (χ4n) is 3.27. The second-order valence-corrected chi connectivity index (χ2v) is 6.74. The lowest BCUT2D eigenvalue weighted by Crippen LogP contribution is -2.36. The monoisotopic (exact) mass is 377 g/mol. The molecule has 144 valence electrons. The van der Waals surface area contributed by atoms with E-state index >= 15 is 0 Å². The predicted molar refractivity (Wildman–Crippen MR) is 110 cm³/mol. The summed E-state index contributed by atoms with van der Waals surface area (Å²) in [5, 5.41) is 4.25. The van der Waals surface area contributed by atoms with Gasteiger partial charge in [-0.05, 0) is 36.8 Å². The van der Waals surface area contributed by atoms with Gasteiger partial charge < -0.3 is 14.2 Å². The van der Waals surface area contributed by atoms with E-state index in [1.54, 1.807) is 6.33 Å². The highest BCUT2D eigenvalue weighted by Gasteiger charge is 2.11. The number of fused-ring (bicyclic) bond motifs is 1. The minimum atomic E-state index is -0.188. The van der Waals surface area contributed by atoms with Crippen molar-refractivity contribution in [3.8, 4) is 0 Å². The first-order valence-corrected chi connectivity index (χ1v) is 9.37. The molecule has 1 amide bonds. The Bertz CT molecular complexity index is 987. The SMILES string of the molecule is C/C(=N\NC(=O)Cn1cnc2ccccc21)c1ccc(N2CCOCC2)cc1. The fraction of sp³-hybridized carbons (Fsp3) is 0.286. The van der Waals surface area contributed by atoms with Crippen LogP contribution in [-0.4, -0.2) is 47.5 Å². The van der Waals surface area contributed by atoms with Crippen molar-refractivity contribution in [2.45, 2.75) is 13.5 Å². The van der Waals surface area contributed by atoms with Gasteiger partial charge in [0, 0.05) is 18.8 Å². The highest BCUT2D eigenvalue weighted by Crippen LogP contribution is 2.17. The Hall–Kier alpha value is -3.19. The summed E-state index contributed by atoms with van der Waals surface area (Å²) in [5.74, 6) is -0.188. The Kier molecular flexibility index (Phi) is 5.34. The van der Waals surface area contributed by atoms with Crippen LogP contribution in [0, 0.1) is 0 Å². The van der Waals surface area contributed by atoms with Crippen molar-refractivity contribution in [1.82, 2.24) is 15.0 Å². The molecule has 7 heteroatoms. The number of amides is 1. The molecule has 1 N–H and O–H groups in total. The van der Waals surface area contributed by atoms with Crippen LogP contribution in [0.1, 0.15) is 12.5 Å². The first-order chi connectivity index (χ1) is 13.7. The largest absolute Gasteiger partial charge is 0.378 e. The summed E-state index contributed by atoms with van der Waals surface area (Å²) in [6.45, 7) is 5.40. The quantitative estimate of drug-likeness (QED) is 0.548. The van der Waals surface area contributed by atoms with E-state index < -0.39 is 0 Å². The summed E-state index contributed by atoms with van der Waals surface area (Å²) in [7, 11) is 0. The standard InChI is InChI=1S/C21H23N5O2/c1-16(17-6-8-18(9-7-17)25-10-12-28-13-11-25)23-24-21(27)14-26-15-22-19-4-2-3-5-20(19)26/h2-9,15H,10-14H2,1H3,(H,24,27)/b23-16+. The lowest BCUT2D eigenvalue weighted by molar-refractivity contribution is -0.121. The van der Waals surface area contributed by atoms with Gasteiger partial charge in [-0.3, -0.25) is 4.79 Å². The molecule has 0 radical (unpaired) electrons. The Labute approximate surface area is 163 Å². The number of hydrazone groups is 1. The Balaban J connectivity index is 1.37. The summed E-state index contributed by atoms with van der Waals surface area (Å²) in [4.78, 5) is 18.9. The average Bonchev–Trinajstić information content (AvgIpc) is 3.15. The lowest BCUT2D eigenvalue weighted by atomic mass is 10.1. The van der Waals surface area contributed by atoms with Crippen LogP contribution in [0.5, 0.6) is 0 Å². The normalized spacial score (nSPS) is 15.0. The third kappa shape index (κ3) is 4.04. The number of nitrogens with zero attached hydrogens (tertiary/aromatic N) is 4. The van der Waals surface area contributed by atoms with E-state index in [1.807, 2.05) is 47.9 Å². The molecule has 0 aliphatic carbocycles. The van der Waals surface area contributed by atoms with Crippen LogP contribution in [0.25, 0.3) is 11.0 Å². The lowest BCUT2D eigenvalue weighted by Gasteiger charge is -2.28. The number of carbonyl (C=O) groups excluding carboxylic acids is 1. The number of imidazole rings is 1. The molecule has 1 aliphatic rings. The van der Waals surface area contributed by atoms with Crippen LogP contribution in [-0.2, 0) is 16.1 Å². The van der Waals surface area contributed by atoms with Crippen LogP contribution in [0.3, 0.4) is 0 Å². The van der Waals surface area contributed by atoms with Crippen molar-refractivity contribution in [1.29, 1.82) is 0 Å². The number of hydrogen-bond donors (Lipinski definition) is 1. The third-order valence-electron chi connectivity index (χ3n) is 4.85. The predicted octanol–water partition coefficient (Wildman–Crippen LogP) is 2.41. The molecule has 1 fully saturated rings. The van der Waals surface area contributed by atoms with E-state index in [9.17, 15) is 4.79 Å². The van der Waals surface area contributed by atoms with Crippen molar-refractivity contribution >= 4 is 28.3 Å². The number of para-hydroxylation sites is 2. The number of ether oxygens (including phenoxy) is 1. The molecule has 2 aromatic carbocycles. The number of benzene rings is 2. The van der Waals surface area contributed by atoms with Crippen molar-refractivity contribution in [3.05, 3.63) is 60.4 Å². The van der Waals surface area contributed by atoms with Crippen LogP contribution in [0.15, 0.2) is 60.0 Å². The highest BCUT2D eigenvalue weighted by molar-refractivity contribution is 5.99. The second kappa shape index (κ2) is 8.22. The topological polar surface area (TPSA) is 71.8 Å². The maximum atomic E-state index is 12.3. The summed E-state index contributed by atoms with van der Waals surface area (Å²) in [6.07, 6.45) is 1.67. The Morgan fingerprint density at radius 1 is 1.14 bits per heavy atom. The number of hydrogen-bond acceptors (Lipinski definition) is 5. The smallest absolute Gasteiger partial charge is 0.260 e. The molecule has 0 spiro atoms. The summed E-state index contributed by atoms with van der Waals surface area (Å²) >= 11 is 0. The number of carbonyl (C=O) groups is 1. The number of anilines is 1. The van der Waals surface area contributed by atoms with E-state index in [0.29, 0.717) is 0 Å². The molecule has 4 rings (SSSR count). The molecule has 1 aromatic heterocycles. The van der Waals surface area contributed by atoms with Gasteiger partial charge in [-0.1, -0.05) is 24.3 Å². The molecule has 0 bridgehead atoms. The van der Waals surface area contributed by atoms with Crippen molar-refractivity contribution < 1.29 is 9.53 Å². The Morgan fingerprint density at radius 3 is 2.68 bits per heavy atom. The number of rotatable bonds is 5. The van der Waals surface area contributed by atoms with Gasteiger partial charge >= 0.3 is 0 Å². The van der Waals surface area contributed by atoms with E-state index in [2.05, 4.69) is 32.5 Å². The maximum Gasteiger partial charge on any atom is 0.260 e. The molecule has 28 heavy (non-hydrogen) atoms. The minimum Gasteiger partial charge on any atom is -0.378 e. The molecule has 2 heterocycles. The number of morpholine rings is 1. The molecule has 0 saturated carbocycles. The molecular weight excluding hydrogens is 354 g/mol. The molecule has 0 atom stereocenters. The maximum absolute atomic E-state index is 12.3. The van der Waals surface area contributed by atoms with Crippen LogP contribution in [0.4, 0.5) is 5.69 Å². The molecular formula is C21H23N5O2. The zero-order valence-electron chi connectivity index (χ0n) is 15.8. The molecule has 7 nitrogen and oxygen atoms in total. The van der Waals surface area contributed by atoms with E-state index in [0.717, 1.165) is 48.6 Å². The molecule has 1 aliphatic heterocycles. The van der Waals surface area contributed by atoms with Gasteiger partial charge in [0.25, 0.3) is 5.91 Å². The molecule has 3 aromatic rings. The number of nitrogens with one attached hydrogen (secondary N) is 1.